The third kappa shape index (κ3) is 24.7. The van der Waals surface area contributed by atoms with E-state index in [0.717, 1.165) is 6.08 Å². The van der Waals surface area contributed by atoms with Crippen molar-refractivity contribution in [2.24, 2.45) is 0 Å². The lowest BCUT2D eigenvalue weighted by molar-refractivity contribution is -0.271. The van der Waals surface area contributed by atoms with Crippen LogP contribution in [-0.2, 0) is 61.4 Å². The van der Waals surface area contributed by atoms with E-state index in [1.54, 1.807) is 0 Å². The fourth-order valence-corrected chi connectivity index (χ4v) is 2.10. The summed E-state index contributed by atoms with van der Waals surface area (Å²) in [4.78, 5) is 75.2. The summed E-state index contributed by atoms with van der Waals surface area (Å²) in [6.45, 7) is 10.7. The highest BCUT2D eigenvalue weighted by Crippen LogP contribution is 2.42. The molecule has 35 heavy (non-hydrogen) atoms. The van der Waals surface area contributed by atoms with Crippen molar-refractivity contribution in [2.75, 3.05) is 39.6 Å². The molecule has 0 rings (SSSR count). The van der Waals surface area contributed by atoms with Crippen molar-refractivity contribution >= 4 is 33.6 Å². The SMILES string of the molecule is C=C(C)C(=O)OOCCOP(=O)(O)OCCOOC(=O)C(=C)C.C=CC(=O)OCCOP(=O)(O)O. The number of phosphoric acid groups is 2. The fourth-order valence-electron chi connectivity index (χ4n) is 1.10. The minimum atomic E-state index is -4.45. The van der Waals surface area contributed by atoms with Gasteiger partial charge in [0.05, 0.1) is 19.8 Å². The van der Waals surface area contributed by atoms with E-state index in [4.69, 9.17) is 9.79 Å². The summed E-state index contributed by atoms with van der Waals surface area (Å²) in [5, 5.41) is 0. The Bertz CT molecular complexity index is 777. The van der Waals surface area contributed by atoms with Crippen molar-refractivity contribution < 1.29 is 76.1 Å². The lowest BCUT2D eigenvalue weighted by Crippen LogP contribution is -2.12. The molecule has 0 aromatic rings. The molecule has 16 nitrogen and oxygen atoms in total. The van der Waals surface area contributed by atoms with E-state index in [9.17, 15) is 28.4 Å². The summed E-state index contributed by atoms with van der Waals surface area (Å²) in [6.07, 6.45) is 0.942. The third-order valence-corrected chi connectivity index (χ3v) is 4.10. The second kappa shape index (κ2) is 19.0. The number of rotatable bonds is 17. The maximum Gasteiger partial charge on any atom is 0.472 e. The molecule has 0 atom stereocenters. The second-order valence-corrected chi connectivity index (χ2v) is 8.47. The molecular formula is C17H28O16P2. The minimum Gasteiger partial charge on any atom is -0.460 e. The highest BCUT2D eigenvalue weighted by molar-refractivity contribution is 7.47. The van der Waals surface area contributed by atoms with Gasteiger partial charge in [0.1, 0.15) is 19.8 Å². The first kappa shape index (κ1) is 34.9. The van der Waals surface area contributed by atoms with Crippen LogP contribution in [0.3, 0.4) is 0 Å². The molecule has 0 aliphatic heterocycles. The van der Waals surface area contributed by atoms with E-state index in [2.05, 4.69) is 57.6 Å². The van der Waals surface area contributed by atoms with Crippen LogP contribution in [-0.4, -0.2) is 72.2 Å². The molecule has 0 radical (unpaired) electrons. The molecular weight excluding hydrogens is 522 g/mol. The Labute approximate surface area is 200 Å². The lowest BCUT2D eigenvalue weighted by Gasteiger charge is -2.11. The molecule has 18 heteroatoms. The van der Waals surface area contributed by atoms with Gasteiger partial charge < -0.3 is 19.4 Å². The number of hydrogen-bond acceptors (Lipinski definition) is 13. The van der Waals surface area contributed by atoms with Crippen LogP contribution >= 0.6 is 15.6 Å². The molecule has 0 aliphatic carbocycles. The first-order valence-corrected chi connectivity index (χ1v) is 12.2. The predicted molar refractivity (Wildman–Crippen MR) is 115 cm³/mol. The van der Waals surface area contributed by atoms with Crippen LogP contribution in [0.25, 0.3) is 0 Å². The Balaban J connectivity index is 0. The maximum absolute atomic E-state index is 11.4. The quantitative estimate of drug-likeness (QED) is 0.0575. The number of ether oxygens (including phenoxy) is 1. The van der Waals surface area contributed by atoms with Crippen molar-refractivity contribution in [2.45, 2.75) is 13.8 Å². The molecule has 0 aliphatic rings. The van der Waals surface area contributed by atoms with E-state index in [1.807, 2.05) is 0 Å². The van der Waals surface area contributed by atoms with Gasteiger partial charge in [-0.05, 0) is 13.8 Å². The largest absolute Gasteiger partial charge is 0.472 e. The molecule has 0 saturated carbocycles. The van der Waals surface area contributed by atoms with E-state index in [0.29, 0.717) is 0 Å². The molecule has 0 amide bonds. The zero-order valence-corrected chi connectivity index (χ0v) is 20.8. The van der Waals surface area contributed by atoms with Crippen LogP contribution in [0.5, 0.6) is 0 Å². The molecule has 0 spiro atoms. The van der Waals surface area contributed by atoms with E-state index < -0.39 is 33.6 Å². The van der Waals surface area contributed by atoms with E-state index in [1.165, 1.54) is 13.8 Å². The van der Waals surface area contributed by atoms with Gasteiger partial charge in [0, 0.05) is 17.2 Å². The van der Waals surface area contributed by atoms with E-state index >= 15 is 0 Å². The summed E-state index contributed by atoms with van der Waals surface area (Å²) in [7, 11) is -8.79. The highest BCUT2D eigenvalue weighted by atomic mass is 31.2. The molecule has 0 fully saturated rings. The van der Waals surface area contributed by atoms with Crippen molar-refractivity contribution in [1.82, 2.24) is 0 Å². The van der Waals surface area contributed by atoms with Gasteiger partial charge in [0.2, 0.25) is 0 Å². The average Bonchev–Trinajstić information content (AvgIpc) is 2.75. The average molecular weight is 550 g/mol. The smallest absolute Gasteiger partial charge is 0.460 e. The van der Waals surface area contributed by atoms with Crippen LogP contribution < -0.4 is 0 Å². The Morgan fingerprint density at radius 1 is 0.743 bits per heavy atom. The Kier molecular flexibility index (Phi) is 19.0. The van der Waals surface area contributed by atoms with Gasteiger partial charge in [-0.1, -0.05) is 19.7 Å². The highest BCUT2D eigenvalue weighted by Gasteiger charge is 2.21. The summed E-state index contributed by atoms with van der Waals surface area (Å²) in [6, 6.07) is 0. The zero-order chi connectivity index (χ0) is 27.5. The standard InChI is InChI=1S/C12H19O10P.C5H9O6P/c1-9(2)11(13)21-17-5-7-19-23(15,16)20-8-6-18-22-12(14)10(3)4;1-2-5(6)10-3-4-11-12(7,8)9/h1,3,5-8H2,2,4H3,(H,15,16);2H,1,3-4H2,(H2,7,8,9). The molecule has 0 saturated heterocycles. The number of carbonyl (C=O) groups excluding carboxylic acids is 3. The number of phosphoric ester groups is 2. The Hall–Kier alpha value is -2.23. The Morgan fingerprint density at radius 2 is 1.14 bits per heavy atom. The molecule has 0 aromatic heterocycles. The summed E-state index contributed by atoms with van der Waals surface area (Å²) >= 11 is 0. The molecule has 0 heterocycles. The summed E-state index contributed by atoms with van der Waals surface area (Å²) < 4.78 is 38.8. The molecule has 0 bridgehead atoms. The second-order valence-electron chi connectivity index (χ2n) is 5.78. The zero-order valence-electron chi connectivity index (χ0n) is 19.0. The molecule has 0 unspecified atom stereocenters. The van der Waals surface area contributed by atoms with Gasteiger partial charge in [-0.3, -0.25) is 23.3 Å². The third-order valence-electron chi connectivity index (χ3n) is 2.56. The van der Waals surface area contributed by atoms with Crippen molar-refractivity contribution in [3.63, 3.8) is 0 Å². The lowest BCUT2D eigenvalue weighted by atomic mass is 10.4. The van der Waals surface area contributed by atoms with Crippen molar-refractivity contribution in [1.29, 1.82) is 0 Å². The van der Waals surface area contributed by atoms with Gasteiger partial charge in [-0.2, -0.15) is 9.78 Å². The Morgan fingerprint density at radius 3 is 1.49 bits per heavy atom. The van der Waals surface area contributed by atoms with Crippen LogP contribution in [0.15, 0.2) is 37.0 Å². The summed E-state index contributed by atoms with van der Waals surface area (Å²) in [5.41, 5.74) is 0.267. The first-order valence-electron chi connectivity index (χ1n) is 9.21. The van der Waals surface area contributed by atoms with Gasteiger partial charge in [0.15, 0.2) is 0 Å². The molecule has 202 valence electrons. The van der Waals surface area contributed by atoms with Crippen molar-refractivity contribution in [3.8, 4) is 0 Å². The first-order chi connectivity index (χ1) is 16.1. The molecule has 3 N–H and O–H groups in total. The number of carbonyl (C=O) groups is 3. The van der Waals surface area contributed by atoms with Crippen LogP contribution in [0, 0.1) is 0 Å². The monoisotopic (exact) mass is 550 g/mol. The number of hydrogen-bond donors (Lipinski definition) is 3. The van der Waals surface area contributed by atoms with Gasteiger partial charge in [-0.25, -0.2) is 23.5 Å². The van der Waals surface area contributed by atoms with Gasteiger partial charge in [0.25, 0.3) is 0 Å². The minimum absolute atomic E-state index is 0.134. The maximum atomic E-state index is 11.4. The topological polar surface area (TPSA) is 220 Å². The normalized spacial score (nSPS) is 10.9. The van der Waals surface area contributed by atoms with Gasteiger partial charge >= 0.3 is 33.6 Å². The van der Waals surface area contributed by atoms with Crippen LogP contribution in [0.1, 0.15) is 13.8 Å². The summed E-state index contributed by atoms with van der Waals surface area (Å²) in [5.74, 6) is -2.20. The van der Waals surface area contributed by atoms with E-state index in [-0.39, 0.29) is 50.8 Å². The van der Waals surface area contributed by atoms with Crippen LogP contribution in [0.4, 0.5) is 0 Å². The molecule has 0 aromatic carbocycles. The van der Waals surface area contributed by atoms with Crippen molar-refractivity contribution in [3.05, 3.63) is 37.0 Å². The number of esters is 1. The fraction of sp³-hybridized carbons (Fsp3) is 0.471. The van der Waals surface area contributed by atoms with Crippen LogP contribution in [0.2, 0.25) is 0 Å². The predicted octanol–water partition coefficient (Wildman–Crippen LogP) is 1.05. The van der Waals surface area contributed by atoms with Gasteiger partial charge in [-0.15, -0.1) is 0 Å².